The molecule has 3 fully saturated rings. The SMILES string of the molecule is CC(C)n1cc(CN2C[C@@H]3[C@@H](CN4CCCC4=O)CO[C@@H]3C2)cn1. The first-order valence-electron chi connectivity index (χ1n) is 9.25. The second-order valence-corrected chi connectivity index (χ2v) is 7.86. The fourth-order valence-electron chi connectivity index (χ4n) is 4.38. The Labute approximate surface area is 143 Å². The lowest BCUT2D eigenvalue weighted by Crippen LogP contribution is -2.35. The van der Waals surface area contributed by atoms with E-state index < -0.39 is 0 Å². The Morgan fingerprint density at radius 1 is 1.38 bits per heavy atom. The molecule has 0 radical (unpaired) electrons. The normalized spacial score (nSPS) is 30.7. The van der Waals surface area contributed by atoms with Crippen molar-refractivity contribution in [3.8, 4) is 0 Å². The Morgan fingerprint density at radius 3 is 2.96 bits per heavy atom. The topological polar surface area (TPSA) is 50.6 Å². The van der Waals surface area contributed by atoms with Gasteiger partial charge in [-0.05, 0) is 20.3 Å². The summed E-state index contributed by atoms with van der Waals surface area (Å²) in [6.45, 7) is 9.96. The fourth-order valence-corrected chi connectivity index (χ4v) is 4.38. The van der Waals surface area contributed by atoms with E-state index in [0.717, 1.165) is 52.2 Å². The summed E-state index contributed by atoms with van der Waals surface area (Å²) in [5.41, 5.74) is 1.27. The zero-order valence-corrected chi connectivity index (χ0v) is 14.7. The van der Waals surface area contributed by atoms with Gasteiger partial charge in [0, 0.05) is 68.8 Å². The van der Waals surface area contributed by atoms with Crippen molar-refractivity contribution in [1.82, 2.24) is 19.6 Å². The largest absolute Gasteiger partial charge is 0.376 e. The highest BCUT2D eigenvalue weighted by atomic mass is 16.5. The van der Waals surface area contributed by atoms with E-state index in [1.807, 2.05) is 15.8 Å². The maximum absolute atomic E-state index is 11.9. The molecule has 3 saturated heterocycles. The van der Waals surface area contributed by atoms with Gasteiger partial charge in [0.05, 0.1) is 18.9 Å². The fraction of sp³-hybridized carbons (Fsp3) is 0.778. The first-order chi connectivity index (χ1) is 11.6. The average Bonchev–Trinajstić information content (AvgIpc) is 3.28. The third-order valence-corrected chi connectivity index (χ3v) is 5.73. The number of carbonyl (C=O) groups is 1. The van der Waals surface area contributed by atoms with Crippen molar-refractivity contribution < 1.29 is 9.53 Å². The van der Waals surface area contributed by atoms with Crippen LogP contribution in [0.3, 0.4) is 0 Å². The van der Waals surface area contributed by atoms with Crippen molar-refractivity contribution in [3.05, 3.63) is 18.0 Å². The molecule has 1 aromatic heterocycles. The first-order valence-corrected chi connectivity index (χ1v) is 9.25. The van der Waals surface area contributed by atoms with E-state index in [4.69, 9.17) is 4.74 Å². The van der Waals surface area contributed by atoms with Crippen LogP contribution in [0.25, 0.3) is 0 Å². The van der Waals surface area contributed by atoms with Gasteiger partial charge < -0.3 is 9.64 Å². The van der Waals surface area contributed by atoms with Crippen LogP contribution in [-0.2, 0) is 16.1 Å². The van der Waals surface area contributed by atoms with Crippen molar-refractivity contribution >= 4 is 5.91 Å². The molecular formula is C18H28N4O2. The second kappa shape index (κ2) is 6.48. The molecule has 3 atom stereocenters. The Bertz CT molecular complexity index is 600. The number of ether oxygens (including phenoxy) is 1. The lowest BCUT2D eigenvalue weighted by molar-refractivity contribution is -0.128. The first kappa shape index (κ1) is 16.1. The molecular weight excluding hydrogens is 304 g/mol. The summed E-state index contributed by atoms with van der Waals surface area (Å²) < 4.78 is 8.06. The highest BCUT2D eigenvalue weighted by molar-refractivity contribution is 5.78. The molecule has 0 N–H and O–H groups in total. The van der Waals surface area contributed by atoms with E-state index >= 15 is 0 Å². The number of hydrogen-bond donors (Lipinski definition) is 0. The summed E-state index contributed by atoms with van der Waals surface area (Å²) in [6, 6.07) is 0.405. The number of rotatable bonds is 5. The minimum Gasteiger partial charge on any atom is -0.376 e. The Hall–Kier alpha value is -1.40. The third-order valence-electron chi connectivity index (χ3n) is 5.73. The minimum absolute atomic E-state index is 0.328. The van der Waals surface area contributed by atoms with Crippen molar-refractivity contribution in [2.75, 3.05) is 32.8 Å². The highest BCUT2D eigenvalue weighted by Gasteiger charge is 2.44. The molecule has 0 aromatic carbocycles. The van der Waals surface area contributed by atoms with Crippen molar-refractivity contribution in [2.24, 2.45) is 11.8 Å². The van der Waals surface area contributed by atoms with E-state index in [0.29, 0.717) is 29.9 Å². The van der Waals surface area contributed by atoms with Crippen LogP contribution >= 0.6 is 0 Å². The highest BCUT2D eigenvalue weighted by Crippen LogP contribution is 2.35. The van der Waals surface area contributed by atoms with Gasteiger partial charge in [-0.25, -0.2) is 0 Å². The predicted molar refractivity (Wildman–Crippen MR) is 90.4 cm³/mol. The van der Waals surface area contributed by atoms with Gasteiger partial charge in [-0.2, -0.15) is 5.10 Å². The van der Waals surface area contributed by atoms with Gasteiger partial charge >= 0.3 is 0 Å². The Balaban J connectivity index is 1.34. The maximum atomic E-state index is 11.9. The van der Waals surface area contributed by atoms with Gasteiger partial charge in [0.15, 0.2) is 0 Å². The molecule has 3 aliphatic heterocycles. The minimum atomic E-state index is 0.328. The average molecular weight is 332 g/mol. The molecule has 1 amide bonds. The van der Waals surface area contributed by atoms with Crippen LogP contribution in [0.5, 0.6) is 0 Å². The van der Waals surface area contributed by atoms with Crippen LogP contribution in [0.15, 0.2) is 12.4 Å². The van der Waals surface area contributed by atoms with Crippen LogP contribution < -0.4 is 0 Å². The smallest absolute Gasteiger partial charge is 0.222 e. The summed E-state index contributed by atoms with van der Waals surface area (Å²) in [6.07, 6.45) is 6.22. The molecule has 24 heavy (non-hydrogen) atoms. The van der Waals surface area contributed by atoms with E-state index in [2.05, 4.69) is 30.0 Å². The predicted octanol–water partition coefficient (Wildman–Crippen LogP) is 1.53. The molecule has 0 bridgehead atoms. The lowest BCUT2D eigenvalue weighted by Gasteiger charge is -2.24. The zero-order valence-electron chi connectivity index (χ0n) is 14.7. The molecule has 4 heterocycles. The van der Waals surface area contributed by atoms with Gasteiger partial charge in [-0.1, -0.05) is 0 Å². The maximum Gasteiger partial charge on any atom is 0.222 e. The lowest BCUT2D eigenvalue weighted by atomic mass is 9.93. The Kier molecular flexibility index (Phi) is 4.35. The number of amides is 1. The second-order valence-electron chi connectivity index (χ2n) is 7.86. The van der Waals surface area contributed by atoms with Gasteiger partial charge in [0.1, 0.15) is 0 Å². The number of fused-ring (bicyclic) bond motifs is 1. The summed E-state index contributed by atoms with van der Waals surface area (Å²) >= 11 is 0. The molecule has 0 unspecified atom stereocenters. The Morgan fingerprint density at radius 2 is 2.25 bits per heavy atom. The molecule has 6 heteroatoms. The molecule has 6 nitrogen and oxygen atoms in total. The quantitative estimate of drug-likeness (QED) is 0.821. The van der Waals surface area contributed by atoms with Crippen LogP contribution in [0.4, 0.5) is 0 Å². The van der Waals surface area contributed by atoms with Gasteiger partial charge in [-0.15, -0.1) is 0 Å². The number of nitrogens with zero attached hydrogens (tertiary/aromatic N) is 4. The van der Waals surface area contributed by atoms with E-state index in [1.54, 1.807) is 0 Å². The third kappa shape index (κ3) is 3.09. The summed E-state index contributed by atoms with van der Waals surface area (Å²) in [7, 11) is 0. The van der Waals surface area contributed by atoms with Crippen molar-refractivity contribution in [1.29, 1.82) is 0 Å². The van der Waals surface area contributed by atoms with E-state index in [1.165, 1.54) is 5.56 Å². The van der Waals surface area contributed by atoms with E-state index in [9.17, 15) is 4.79 Å². The number of carbonyl (C=O) groups excluding carboxylic acids is 1. The molecule has 1 aromatic rings. The molecule has 0 aliphatic carbocycles. The number of hydrogen-bond acceptors (Lipinski definition) is 4. The van der Waals surface area contributed by atoms with Gasteiger partial charge in [0.25, 0.3) is 0 Å². The zero-order chi connectivity index (χ0) is 16.7. The van der Waals surface area contributed by atoms with Crippen LogP contribution in [-0.4, -0.2) is 64.4 Å². The summed E-state index contributed by atoms with van der Waals surface area (Å²) in [4.78, 5) is 16.4. The summed E-state index contributed by atoms with van der Waals surface area (Å²) in [5.74, 6) is 1.40. The number of aromatic nitrogens is 2. The van der Waals surface area contributed by atoms with Crippen molar-refractivity contribution in [3.63, 3.8) is 0 Å². The number of likely N-dealkylation sites (tertiary alicyclic amines) is 2. The molecule has 3 aliphatic rings. The van der Waals surface area contributed by atoms with Gasteiger partial charge in [-0.3, -0.25) is 14.4 Å². The standard InChI is InChI=1S/C18H28N4O2/c1-13(2)22-8-14(6-19-22)7-20-10-16-15(12-24-17(16)11-20)9-21-5-3-4-18(21)23/h6,8,13,15-17H,3-5,7,9-12H2,1-2H3/t15-,16+,17+/m0/s1. The van der Waals surface area contributed by atoms with Crippen LogP contribution in [0.1, 0.15) is 38.3 Å². The molecule has 0 saturated carbocycles. The molecule has 132 valence electrons. The summed E-state index contributed by atoms with van der Waals surface area (Å²) in [5, 5.41) is 4.44. The van der Waals surface area contributed by atoms with E-state index in [-0.39, 0.29) is 0 Å². The molecule has 0 spiro atoms. The van der Waals surface area contributed by atoms with Crippen molar-refractivity contribution in [2.45, 2.75) is 45.4 Å². The van der Waals surface area contributed by atoms with Crippen LogP contribution in [0.2, 0.25) is 0 Å². The molecule has 4 rings (SSSR count). The van der Waals surface area contributed by atoms with Gasteiger partial charge in [0.2, 0.25) is 5.91 Å². The van der Waals surface area contributed by atoms with Crippen LogP contribution in [0, 0.1) is 11.8 Å². The monoisotopic (exact) mass is 332 g/mol.